The first kappa shape index (κ1) is 6.92. The van der Waals surface area contributed by atoms with Gasteiger partial charge in [-0.1, -0.05) is 6.92 Å². The van der Waals surface area contributed by atoms with Crippen LogP contribution >= 0.6 is 0 Å². The molecule has 0 aromatic rings. The number of hydrogen-bond acceptors (Lipinski definition) is 2. The Labute approximate surface area is 44.3 Å². The van der Waals surface area contributed by atoms with Crippen LogP contribution in [0.4, 0.5) is 0 Å². The number of rotatable bonds is 2. The summed E-state index contributed by atoms with van der Waals surface area (Å²) in [5.74, 6) is 0. The van der Waals surface area contributed by atoms with Gasteiger partial charge in [-0.25, -0.2) is 0 Å². The molecule has 2 atom stereocenters. The molecule has 0 aromatic carbocycles. The molecule has 0 saturated carbocycles. The van der Waals surface area contributed by atoms with Crippen molar-refractivity contribution in [3.05, 3.63) is 6.92 Å². The highest BCUT2D eigenvalue weighted by molar-refractivity contribution is 4.70. The minimum absolute atomic E-state index is 0.153. The molecule has 2 nitrogen and oxygen atoms in total. The molecule has 0 spiro atoms. The minimum atomic E-state index is -0.606. The van der Waals surface area contributed by atoms with E-state index in [2.05, 4.69) is 6.92 Å². The molecule has 7 heavy (non-hydrogen) atoms. The first-order chi connectivity index (χ1) is 3.18. The van der Waals surface area contributed by atoms with Crippen LogP contribution < -0.4 is 5.73 Å². The van der Waals surface area contributed by atoms with Crippen LogP contribution in [0.25, 0.3) is 0 Å². The summed E-state index contributed by atoms with van der Waals surface area (Å²) in [6.07, 6.45) is 0.176. The van der Waals surface area contributed by atoms with Crippen LogP contribution in [0.3, 0.4) is 0 Å². The highest BCUT2D eigenvalue weighted by Crippen LogP contribution is 1.90. The largest absolute Gasteiger partial charge is 0.392 e. The average molecular weight is 102 g/mol. The van der Waals surface area contributed by atoms with Crippen molar-refractivity contribution in [2.24, 2.45) is 5.73 Å². The molecule has 0 amide bonds. The van der Waals surface area contributed by atoms with E-state index < -0.39 is 6.10 Å². The Morgan fingerprint density at radius 3 is 2.29 bits per heavy atom. The predicted octanol–water partition coefficient (Wildman–Crippen LogP) is -0.0813. The van der Waals surface area contributed by atoms with Crippen molar-refractivity contribution in [3.63, 3.8) is 0 Å². The fraction of sp³-hybridized carbons (Fsp3) is 0.800. The molecule has 0 aliphatic carbocycles. The van der Waals surface area contributed by atoms with E-state index in [1.165, 1.54) is 0 Å². The molecule has 0 heterocycles. The molecule has 0 aromatic heterocycles. The van der Waals surface area contributed by atoms with Gasteiger partial charge in [0, 0.05) is 6.04 Å². The monoisotopic (exact) mass is 102 g/mol. The Kier molecular flexibility index (Phi) is 2.96. The molecule has 2 unspecified atom stereocenters. The molecular weight excluding hydrogens is 90.1 g/mol. The zero-order valence-corrected chi connectivity index (χ0v) is 4.59. The molecule has 0 bridgehead atoms. The van der Waals surface area contributed by atoms with Crippen molar-refractivity contribution < 1.29 is 5.11 Å². The highest BCUT2D eigenvalue weighted by atomic mass is 16.3. The second-order valence-electron chi connectivity index (χ2n) is 1.64. The Balaban J connectivity index is 3.14. The van der Waals surface area contributed by atoms with E-state index in [4.69, 9.17) is 10.8 Å². The topological polar surface area (TPSA) is 46.2 Å². The lowest BCUT2D eigenvalue weighted by molar-refractivity contribution is 0.186. The zero-order chi connectivity index (χ0) is 5.86. The minimum Gasteiger partial charge on any atom is -0.392 e. The fourth-order valence-electron chi connectivity index (χ4n) is 0.272. The SMILES string of the molecule is [CH2]C(O)C(N)CC. The van der Waals surface area contributed by atoms with Crippen molar-refractivity contribution in [2.45, 2.75) is 25.5 Å². The van der Waals surface area contributed by atoms with E-state index in [0.29, 0.717) is 0 Å². The first-order valence-electron chi connectivity index (χ1n) is 2.45. The Bertz CT molecular complexity index is 45.3. The summed E-state index contributed by atoms with van der Waals surface area (Å²) in [5, 5.41) is 8.58. The lowest BCUT2D eigenvalue weighted by atomic mass is 10.1. The first-order valence-corrected chi connectivity index (χ1v) is 2.45. The van der Waals surface area contributed by atoms with Gasteiger partial charge in [-0.2, -0.15) is 0 Å². The highest BCUT2D eigenvalue weighted by Gasteiger charge is 2.03. The van der Waals surface area contributed by atoms with Gasteiger partial charge in [0.2, 0.25) is 0 Å². The van der Waals surface area contributed by atoms with Gasteiger partial charge in [-0.3, -0.25) is 0 Å². The van der Waals surface area contributed by atoms with E-state index in [1.807, 2.05) is 6.92 Å². The van der Waals surface area contributed by atoms with Gasteiger partial charge >= 0.3 is 0 Å². The Hall–Kier alpha value is -0.0800. The van der Waals surface area contributed by atoms with Gasteiger partial charge in [-0.15, -0.1) is 0 Å². The van der Waals surface area contributed by atoms with E-state index in [9.17, 15) is 0 Å². The maximum Gasteiger partial charge on any atom is 0.0691 e. The van der Waals surface area contributed by atoms with Crippen LogP contribution in [0.15, 0.2) is 0 Å². The summed E-state index contributed by atoms with van der Waals surface area (Å²) in [4.78, 5) is 0. The number of aliphatic hydroxyl groups excluding tert-OH is 1. The quantitative estimate of drug-likeness (QED) is 0.512. The normalized spacial score (nSPS) is 18.9. The molecule has 0 saturated heterocycles. The molecule has 0 aliphatic rings. The molecule has 1 radical (unpaired) electrons. The van der Waals surface area contributed by atoms with Crippen molar-refractivity contribution in [1.82, 2.24) is 0 Å². The van der Waals surface area contributed by atoms with E-state index in [0.717, 1.165) is 6.42 Å². The van der Waals surface area contributed by atoms with Crippen LogP contribution in [0.1, 0.15) is 13.3 Å². The van der Waals surface area contributed by atoms with E-state index in [1.54, 1.807) is 0 Å². The van der Waals surface area contributed by atoms with Crippen molar-refractivity contribution in [1.29, 1.82) is 0 Å². The second-order valence-corrected chi connectivity index (χ2v) is 1.64. The van der Waals surface area contributed by atoms with Crippen LogP contribution in [-0.4, -0.2) is 17.3 Å². The fourth-order valence-corrected chi connectivity index (χ4v) is 0.272. The van der Waals surface area contributed by atoms with Crippen LogP contribution in [0.5, 0.6) is 0 Å². The van der Waals surface area contributed by atoms with Crippen molar-refractivity contribution in [3.8, 4) is 0 Å². The van der Waals surface area contributed by atoms with Crippen LogP contribution in [0.2, 0.25) is 0 Å². The van der Waals surface area contributed by atoms with Gasteiger partial charge < -0.3 is 10.8 Å². The number of nitrogens with two attached hydrogens (primary N) is 1. The van der Waals surface area contributed by atoms with Crippen molar-refractivity contribution in [2.75, 3.05) is 0 Å². The lowest BCUT2D eigenvalue weighted by Crippen LogP contribution is -2.31. The maximum atomic E-state index is 8.58. The molecule has 3 N–H and O–H groups in total. The van der Waals surface area contributed by atoms with E-state index in [-0.39, 0.29) is 6.04 Å². The second kappa shape index (κ2) is 2.99. The van der Waals surface area contributed by atoms with E-state index >= 15 is 0 Å². The molecular formula is C5H12NO. The van der Waals surface area contributed by atoms with Gasteiger partial charge in [0.25, 0.3) is 0 Å². The summed E-state index contributed by atoms with van der Waals surface area (Å²) >= 11 is 0. The number of hydrogen-bond donors (Lipinski definition) is 2. The molecule has 2 heteroatoms. The van der Waals surface area contributed by atoms with Gasteiger partial charge in [0.05, 0.1) is 6.10 Å². The summed E-state index contributed by atoms with van der Waals surface area (Å²) < 4.78 is 0. The third-order valence-electron chi connectivity index (χ3n) is 0.966. The lowest BCUT2D eigenvalue weighted by Gasteiger charge is -2.09. The summed E-state index contributed by atoms with van der Waals surface area (Å²) in [6.45, 7) is 5.26. The molecule has 43 valence electrons. The smallest absolute Gasteiger partial charge is 0.0691 e. The summed E-state index contributed by atoms with van der Waals surface area (Å²) in [5.41, 5.74) is 5.30. The Morgan fingerprint density at radius 2 is 2.29 bits per heavy atom. The third-order valence-corrected chi connectivity index (χ3v) is 0.966. The summed E-state index contributed by atoms with van der Waals surface area (Å²) in [6, 6.07) is -0.153. The summed E-state index contributed by atoms with van der Waals surface area (Å²) in [7, 11) is 0. The van der Waals surface area contributed by atoms with Crippen LogP contribution in [0, 0.1) is 6.92 Å². The average Bonchev–Trinajstić information content (AvgIpc) is 1.65. The zero-order valence-electron chi connectivity index (χ0n) is 4.59. The number of aliphatic hydroxyl groups is 1. The standard InChI is InChI=1S/C5H12NO/c1-3-5(6)4(2)7/h4-5,7H,2-3,6H2,1H3. The maximum absolute atomic E-state index is 8.58. The van der Waals surface area contributed by atoms with Crippen molar-refractivity contribution >= 4 is 0 Å². The molecule has 0 rings (SSSR count). The Morgan fingerprint density at radius 1 is 1.86 bits per heavy atom. The third kappa shape index (κ3) is 2.60. The predicted molar refractivity (Wildman–Crippen MR) is 29.6 cm³/mol. The molecule has 0 aliphatic heterocycles. The van der Waals surface area contributed by atoms with Gasteiger partial charge in [-0.05, 0) is 13.3 Å². The van der Waals surface area contributed by atoms with Crippen LogP contribution in [-0.2, 0) is 0 Å². The van der Waals surface area contributed by atoms with Gasteiger partial charge in [0.1, 0.15) is 0 Å². The molecule has 0 fully saturated rings. The van der Waals surface area contributed by atoms with Gasteiger partial charge in [0.15, 0.2) is 0 Å².